The van der Waals surface area contributed by atoms with E-state index in [9.17, 15) is 0 Å². The Labute approximate surface area is 214 Å². The Balaban J connectivity index is 4.50. The molecule has 0 heterocycles. The van der Waals surface area contributed by atoms with Crippen LogP contribution in [0.5, 0.6) is 0 Å². The van der Waals surface area contributed by atoms with Crippen LogP contribution in [0.1, 0.15) is 143 Å². The van der Waals surface area contributed by atoms with E-state index >= 15 is 0 Å². The Hall–Kier alpha value is 0.574. The van der Waals surface area contributed by atoms with Gasteiger partial charge in [-0.2, -0.15) is 22.2 Å². The van der Waals surface area contributed by atoms with Gasteiger partial charge in [-0.1, -0.05) is 143 Å². The molecule has 0 aromatic rings. The molecule has 2 unspecified atom stereocenters. The van der Waals surface area contributed by atoms with Gasteiger partial charge in [-0.05, 0) is 24.2 Å². The first-order valence-corrected chi connectivity index (χ1v) is 21.2. The van der Waals surface area contributed by atoms with Crippen molar-refractivity contribution in [1.82, 2.24) is 0 Å². The summed E-state index contributed by atoms with van der Waals surface area (Å²) in [5, 5.41) is 0. The highest BCUT2D eigenvalue weighted by Crippen LogP contribution is 2.29. The Morgan fingerprint density at radius 2 is 0.656 bits per heavy atom. The Kier molecular flexibility index (Phi) is 22.5. The molecule has 0 aliphatic carbocycles. The normalized spacial score (nSPS) is 15.1. The van der Waals surface area contributed by atoms with Crippen LogP contribution in [0.25, 0.3) is 0 Å². The van der Waals surface area contributed by atoms with Crippen LogP contribution >= 0.6 is 22.2 Å². The van der Waals surface area contributed by atoms with Crippen LogP contribution < -0.4 is 0 Å². The minimum absolute atomic E-state index is 1.13. The summed E-state index contributed by atoms with van der Waals surface area (Å²) in [5.74, 6) is 0. The topological polar surface area (TPSA) is 0 Å². The van der Waals surface area contributed by atoms with Crippen molar-refractivity contribution in [2.24, 2.45) is 0 Å². The summed E-state index contributed by atoms with van der Waals surface area (Å²) in [7, 11) is -3.96. The van der Waals surface area contributed by atoms with Gasteiger partial charge in [0.15, 0.2) is 0 Å². The van der Waals surface area contributed by atoms with Gasteiger partial charge in [-0.15, -0.1) is 11.1 Å². The van der Waals surface area contributed by atoms with Gasteiger partial charge in [0, 0.05) is 0 Å². The summed E-state index contributed by atoms with van der Waals surface area (Å²) in [4.78, 5) is 0. The van der Waals surface area contributed by atoms with Crippen molar-refractivity contribution in [2.75, 3.05) is 0 Å². The van der Waals surface area contributed by atoms with Gasteiger partial charge < -0.3 is 0 Å². The van der Waals surface area contributed by atoms with Gasteiger partial charge in [-0.3, -0.25) is 0 Å². The van der Waals surface area contributed by atoms with Gasteiger partial charge in [-0.25, -0.2) is 0 Å². The summed E-state index contributed by atoms with van der Waals surface area (Å²) in [6.45, 7) is 9.09. The zero-order chi connectivity index (χ0) is 24.0. The third-order valence-corrected chi connectivity index (χ3v) is 15.8. The lowest BCUT2D eigenvalue weighted by atomic mass is 10.1. The zero-order valence-electron chi connectivity index (χ0n) is 22.3. The molecule has 0 aliphatic rings. The number of hydrogen-bond donors (Lipinski definition) is 0. The standard InChI is InChI=1S/C28H56Cl2Si2/c1-5-9-11-13-15-17-19-21-25-31(29,23-7-3)27-28-32(30,24-8-4)26-22-20-18-16-14-12-10-6-2/h5-26H2,1-4H3. The molecule has 0 radical (unpaired) electrons. The summed E-state index contributed by atoms with van der Waals surface area (Å²) >= 11 is 14.4. The van der Waals surface area contributed by atoms with Crippen LogP contribution in [-0.4, -0.2) is 14.8 Å². The second kappa shape index (κ2) is 22.1. The smallest absolute Gasteiger partial charge is 0.150 e. The fourth-order valence-electron chi connectivity index (χ4n) is 4.59. The minimum Gasteiger partial charge on any atom is -0.150 e. The maximum absolute atomic E-state index is 7.20. The Morgan fingerprint density at radius 3 is 0.938 bits per heavy atom. The monoisotopic (exact) mass is 518 g/mol. The van der Waals surface area contributed by atoms with E-state index in [0.717, 1.165) is 37.0 Å². The maximum atomic E-state index is 7.20. The van der Waals surface area contributed by atoms with Crippen LogP contribution in [0, 0.1) is 11.1 Å². The summed E-state index contributed by atoms with van der Waals surface area (Å²) in [5.41, 5.74) is 7.40. The zero-order valence-corrected chi connectivity index (χ0v) is 25.8. The predicted molar refractivity (Wildman–Crippen MR) is 156 cm³/mol. The molecule has 0 saturated carbocycles. The first-order valence-electron chi connectivity index (χ1n) is 14.4. The molecule has 2 atom stereocenters. The van der Waals surface area contributed by atoms with Crippen molar-refractivity contribution in [3.05, 3.63) is 0 Å². The Morgan fingerprint density at radius 1 is 0.375 bits per heavy atom. The molecule has 0 saturated heterocycles. The molecular formula is C28H56Cl2Si2. The van der Waals surface area contributed by atoms with E-state index in [1.165, 1.54) is 103 Å². The van der Waals surface area contributed by atoms with E-state index < -0.39 is 14.8 Å². The van der Waals surface area contributed by atoms with Gasteiger partial charge in [0.05, 0.1) is 0 Å². The molecule has 0 nitrogen and oxygen atoms in total. The summed E-state index contributed by atoms with van der Waals surface area (Å²) in [6, 6.07) is 4.58. The molecule has 4 heteroatoms. The molecule has 0 bridgehead atoms. The second-order valence-corrected chi connectivity index (χ2v) is 20.8. The second-order valence-electron chi connectivity index (χ2n) is 10.1. The van der Waals surface area contributed by atoms with Gasteiger partial charge >= 0.3 is 0 Å². The molecule has 0 N–H and O–H groups in total. The molecule has 0 fully saturated rings. The van der Waals surface area contributed by atoms with Gasteiger partial charge in [0.1, 0.15) is 0 Å². The molecule has 0 spiro atoms. The molecule has 0 aliphatic heterocycles. The van der Waals surface area contributed by atoms with Crippen LogP contribution in [0.2, 0.25) is 24.2 Å². The molecule has 0 aromatic carbocycles. The van der Waals surface area contributed by atoms with Crippen molar-refractivity contribution < 1.29 is 0 Å². The van der Waals surface area contributed by atoms with E-state index in [1.54, 1.807) is 0 Å². The fourth-order valence-corrected chi connectivity index (χ4v) is 13.4. The SMILES string of the molecule is CCCCCCCCCC[Si](Cl)(C#C[Si](Cl)(CCC)CCCCCCCCCC)CCC. The van der Waals surface area contributed by atoms with E-state index in [2.05, 4.69) is 38.8 Å². The molecule has 32 heavy (non-hydrogen) atoms. The van der Waals surface area contributed by atoms with E-state index in [1.807, 2.05) is 0 Å². The fraction of sp³-hybridized carbons (Fsp3) is 0.929. The summed E-state index contributed by atoms with van der Waals surface area (Å²) < 4.78 is 0. The van der Waals surface area contributed by atoms with Crippen molar-refractivity contribution in [3.8, 4) is 11.1 Å². The quantitative estimate of drug-likeness (QED) is 0.0577. The van der Waals surface area contributed by atoms with Crippen molar-refractivity contribution in [1.29, 1.82) is 0 Å². The first kappa shape index (κ1) is 32.6. The van der Waals surface area contributed by atoms with Crippen LogP contribution in [-0.2, 0) is 0 Å². The van der Waals surface area contributed by atoms with Gasteiger partial charge in [0.25, 0.3) is 0 Å². The lowest BCUT2D eigenvalue weighted by molar-refractivity contribution is 0.584. The van der Waals surface area contributed by atoms with Crippen LogP contribution in [0.15, 0.2) is 0 Å². The number of halogens is 2. The highest BCUT2D eigenvalue weighted by Gasteiger charge is 2.31. The lowest BCUT2D eigenvalue weighted by Crippen LogP contribution is -2.29. The average molecular weight is 520 g/mol. The van der Waals surface area contributed by atoms with Crippen molar-refractivity contribution in [2.45, 2.75) is 167 Å². The molecule has 0 amide bonds. The number of unbranched alkanes of at least 4 members (excludes halogenated alkanes) is 14. The third kappa shape index (κ3) is 18.9. The van der Waals surface area contributed by atoms with Crippen LogP contribution in [0.3, 0.4) is 0 Å². The Bertz CT molecular complexity index is 434. The summed E-state index contributed by atoms with van der Waals surface area (Å²) in [6.07, 6.45) is 24.1. The van der Waals surface area contributed by atoms with Crippen molar-refractivity contribution in [3.63, 3.8) is 0 Å². The third-order valence-electron chi connectivity index (χ3n) is 6.66. The highest BCUT2D eigenvalue weighted by atomic mass is 35.6. The van der Waals surface area contributed by atoms with E-state index in [0.29, 0.717) is 0 Å². The molecule has 190 valence electrons. The molecule has 0 rings (SSSR count). The first-order chi connectivity index (χ1) is 15.4. The largest absolute Gasteiger partial charge is 0.233 e. The number of hydrogen-bond acceptors (Lipinski definition) is 0. The van der Waals surface area contributed by atoms with E-state index in [-0.39, 0.29) is 0 Å². The highest BCUT2D eigenvalue weighted by molar-refractivity contribution is 7.28. The maximum Gasteiger partial charge on any atom is 0.233 e. The van der Waals surface area contributed by atoms with Crippen LogP contribution in [0.4, 0.5) is 0 Å². The van der Waals surface area contributed by atoms with Crippen molar-refractivity contribution >= 4 is 36.9 Å². The number of rotatable bonds is 22. The minimum atomic E-state index is -1.98. The van der Waals surface area contributed by atoms with E-state index in [4.69, 9.17) is 22.2 Å². The lowest BCUT2D eigenvalue weighted by Gasteiger charge is -2.21. The molecular weight excluding hydrogens is 463 g/mol. The average Bonchev–Trinajstić information content (AvgIpc) is 2.77. The molecule has 0 aromatic heterocycles. The predicted octanol–water partition coefficient (Wildman–Crippen LogP) is 11.5. The van der Waals surface area contributed by atoms with Gasteiger partial charge in [0.2, 0.25) is 14.8 Å².